The molecule has 0 atom stereocenters. The van der Waals surface area contributed by atoms with E-state index >= 15 is 0 Å². The Balaban J connectivity index is 1.57. The average molecular weight is 441 g/mol. The van der Waals surface area contributed by atoms with Crippen LogP contribution in [0.2, 0.25) is 0 Å². The number of anilines is 2. The molecule has 0 bridgehead atoms. The largest absolute Gasteiger partial charge is 0.341 e. The third-order valence-electron chi connectivity index (χ3n) is 5.81. The van der Waals surface area contributed by atoms with Crippen molar-refractivity contribution < 1.29 is 9.59 Å². The van der Waals surface area contributed by atoms with Crippen LogP contribution in [-0.2, 0) is 11.3 Å². The van der Waals surface area contributed by atoms with Crippen LogP contribution in [0.5, 0.6) is 0 Å². The van der Waals surface area contributed by atoms with Gasteiger partial charge in [-0.15, -0.1) is 0 Å². The molecule has 1 amide bonds. The van der Waals surface area contributed by atoms with Gasteiger partial charge < -0.3 is 14.8 Å². The predicted molar refractivity (Wildman–Crippen MR) is 126 cm³/mol. The highest BCUT2D eigenvalue weighted by Gasteiger charge is 2.21. The summed E-state index contributed by atoms with van der Waals surface area (Å²) < 4.78 is 1.96. The molecule has 1 fully saturated rings. The van der Waals surface area contributed by atoms with Crippen molar-refractivity contribution in [2.75, 3.05) is 18.4 Å². The van der Waals surface area contributed by atoms with E-state index in [0.717, 1.165) is 24.2 Å². The summed E-state index contributed by atoms with van der Waals surface area (Å²) in [5.74, 6) is 1.27. The van der Waals surface area contributed by atoms with E-state index in [2.05, 4.69) is 10.3 Å². The van der Waals surface area contributed by atoms with Crippen molar-refractivity contribution in [2.45, 2.75) is 26.3 Å². The number of ketones is 1. The molecule has 1 saturated heterocycles. The predicted octanol–water partition coefficient (Wildman–Crippen LogP) is 4.06. The van der Waals surface area contributed by atoms with Gasteiger partial charge >= 0.3 is 0 Å². The van der Waals surface area contributed by atoms with E-state index in [-0.39, 0.29) is 11.7 Å². The van der Waals surface area contributed by atoms with Crippen LogP contribution in [0.4, 0.5) is 11.5 Å². The topological polar surface area (TPSA) is 93.0 Å². The summed E-state index contributed by atoms with van der Waals surface area (Å²) in [7, 11) is 0. The summed E-state index contributed by atoms with van der Waals surface area (Å²) in [6.45, 7) is 3.55. The monoisotopic (exact) mass is 440 g/mol. The maximum atomic E-state index is 12.0. The number of carbonyl (C=O) groups is 2. The molecule has 8 nitrogen and oxygen atoms in total. The number of likely N-dealkylation sites (tertiary alicyclic amines) is 1. The molecule has 0 radical (unpaired) electrons. The maximum Gasteiger partial charge on any atom is 0.222 e. The van der Waals surface area contributed by atoms with Gasteiger partial charge in [-0.3, -0.25) is 9.59 Å². The highest BCUT2D eigenvalue weighted by atomic mass is 16.2. The number of nitrogens with zero attached hydrogens (tertiary/aromatic N) is 5. The Bertz CT molecular complexity index is 1330. The molecule has 33 heavy (non-hydrogen) atoms. The molecule has 166 valence electrons. The van der Waals surface area contributed by atoms with E-state index in [4.69, 9.17) is 9.97 Å². The van der Waals surface area contributed by atoms with Crippen molar-refractivity contribution in [1.82, 2.24) is 24.4 Å². The highest BCUT2D eigenvalue weighted by molar-refractivity contribution is 5.95. The summed E-state index contributed by atoms with van der Waals surface area (Å²) in [5.41, 5.74) is 3.58. The van der Waals surface area contributed by atoms with Gasteiger partial charge in [0.05, 0.1) is 6.33 Å². The van der Waals surface area contributed by atoms with Gasteiger partial charge in [-0.1, -0.05) is 36.4 Å². The number of hydrogen-bond acceptors (Lipinski definition) is 6. The van der Waals surface area contributed by atoms with Crippen molar-refractivity contribution in [3.8, 4) is 11.4 Å². The van der Waals surface area contributed by atoms with Crippen LogP contribution < -0.4 is 5.32 Å². The second-order valence-electron chi connectivity index (χ2n) is 8.12. The Morgan fingerprint density at radius 1 is 1.06 bits per heavy atom. The molecular weight excluding hydrogens is 416 g/mol. The number of amides is 1. The third kappa shape index (κ3) is 4.32. The van der Waals surface area contributed by atoms with Gasteiger partial charge in [-0.25, -0.2) is 15.0 Å². The lowest BCUT2D eigenvalue weighted by Crippen LogP contribution is -2.28. The molecule has 5 rings (SSSR count). The van der Waals surface area contributed by atoms with Crippen LogP contribution in [0.3, 0.4) is 0 Å². The van der Waals surface area contributed by atoms with E-state index in [1.54, 1.807) is 25.4 Å². The number of para-hydroxylation sites is 1. The standard InChI is InChI=1S/C25H24N6O2/c1-17(32)18-7-5-8-19(15-18)23-28-24(27-20-9-3-2-4-10-20)22-25(29-23)31(16-26-22)14-13-30-12-6-11-21(30)33/h2-5,7-10,15-16H,6,11-14H2,1H3,(H,27,28,29). The second-order valence-corrected chi connectivity index (χ2v) is 8.12. The van der Waals surface area contributed by atoms with Crippen LogP contribution in [-0.4, -0.2) is 49.2 Å². The molecule has 0 unspecified atom stereocenters. The Kier molecular flexibility index (Phi) is 5.56. The maximum absolute atomic E-state index is 12.0. The van der Waals surface area contributed by atoms with E-state index in [9.17, 15) is 9.59 Å². The van der Waals surface area contributed by atoms with Crippen LogP contribution in [0.25, 0.3) is 22.6 Å². The van der Waals surface area contributed by atoms with Gasteiger partial charge in [0.1, 0.15) is 0 Å². The molecule has 0 aliphatic carbocycles. The quantitative estimate of drug-likeness (QED) is 0.436. The molecule has 1 N–H and O–H groups in total. The fourth-order valence-corrected chi connectivity index (χ4v) is 4.03. The summed E-state index contributed by atoms with van der Waals surface area (Å²) >= 11 is 0. The van der Waals surface area contributed by atoms with Crippen molar-refractivity contribution in [2.24, 2.45) is 0 Å². The van der Waals surface area contributed by atoms with Crippen molar-refractivity contribution >= 4 is 34.4 Å². The van der Waals surface area contributed by atoms with Crippen LogP contribution in [0.1, 0.15) is 30.1 Å². The number of benzene rings is 2. The lowest BCUT2D eigenvalue weighted by molar-refractivity contribution is -0.127. The molecule has 8 heteroatoms. The molecule has 4 aromatic rings. The van der Waals surface area contributed by atoms with Gasteiger partial charge in [-0.05, 0) is 31.5 Å². The number of carbonyl (C=O) groups excluding carboxylic acids is 2. The van der Waals surface area contributed by atoms with Crippen LogP contribution in [0, 0.1) is 0 Å². The fraction of sp³-hybridized carbons (Fsp3) is 0.240. The van der Waals surface area contributed by atoms with E-state index in [1.807, 2.05) is 51.9 Å². The molecular formula is C25H24N6O2. The molecule has 1 aliphatic heterocycles. The number of aromatic nitrogens is 4. The third-order valence-corrected chi connectivity index (χ3v) is 5.81. The number of imidazole rings is 1. The first-order valence-electron chi connectivity index (χ1n) is 11.0. The summed E-state index contributed by atoms with van der Waals surface area (Å²) in [6, 6.07) is 17.1. The van der Waals surface area contributed by atoms with Gasteiger partial charge in [-0.2, -0.15) is 0 Å². The molecule has 0 saturated carbocycles. The second kappa shape index (κ2) is 8.82. The van der Waals surface area contributed by atoms with Crippen molar-refractivity contribution in [1.29, 1.82) is 0 Å². The summed E-state index contributed by atoms with van der Waals surface area (Å²) in [4.78, 5) is 39.9. The average Bonchev–Trinajstić information content (AvgIpc) is 3.44. The summed E-state index contributed by atoms with van der Waals surface area (Å²) in [6.07, 6.45) is 3.27. The van der Waals surface area contributed by atoms with Gasteiger partial charge in [0.15, 0.2) is 28.6 Å². The van der Waals surface area contributed by atoms with Gasteiger partial charge in [0, 0.05) is 42.9 Å². The zero-order valence-corrected chi connectivity index (χ0v) is 18.4. The van der Waals surface area contributed by atoms with Gasteiger partial charge in [0.2, 0.25) is 5.91 Å². The smallest absolute Gasteiger partial charge is 0.222 e. The minimum absolute atomic E-state index is 0.0131. The zero-order valence-electron chi connectivity index (χ0n) is 18.4. The minimum Gasteiger partial charge on any atom is -0.341 e. The minimum atomic E-state index is -0.0131. The molecule has 2 aromatic carbocycles. The highest BCUT2D eigenvalue weighted by Crippen LogP contribution is 2.27. The van der Waals surface area contributed by atoms with Gasteiger partial charge in [0.25, 0.3) is 0 Å². The Morgan fingerprint density at radius 3 is 2.67 bits per heavy atom. The number of fused-ring (bicyclic) bond motifs is 1. The lowest BCUT2D eigenvalue weighted by Gasteiger charge is -2.16. The SMILES string of the molecule is CC(=O)c1cccc(-c2nc(Nc3ccccc3)c3ncn(CCN4CCCC4=O)c3n2)c1. The molecule has 0 spiro atoms. The van der Waals surface area contributed by atoms with E-state index < -0.39 is 0 Å². The van der Waals surface area contributed by atoms with Crippen LogP contribution in [0.15, 0.2) is 60.9 Å². The van der Waals surface area contributed by atoms with Crippen LogP contribution >= 0.6 is 0 Å². The normalized spacial score (nSPS) is 13.6. The van der Waals surface area contributed by atoms with E-state index in [1.165, 1.54) is 0 Å². The molecule has 1 aliphatic rings. The zero-order chi connectivity index (χ0) is 22.8. The number of Topliss-reactive ketones (excluding diaryl/α,β-unsaturated/α-hetero) is 1. The Hall–Kier alpha value is -4.07. The Morgan fingerprint density at radius 2 is 1.91 bits per heavy atom. The first-order valence-corrected chi connectivity index (χ1v) is 11.0. The molecule has 2 aromatic heterocycles. The van der Waals surface area contributed by atoms with Crippen molar-refractivity contribution in [3.63, 3.8) is 0 Å². The number of nitrogens with one attached hydrogen (secondary N) is 1. The Labute approximate surface area is 191 Å². The summed E-state index contributed by atoms with van der Waals surface area (Å²) in [5, 5.41) is 3.35. The number of hydrogen-bond donors (Lipinski definition) is 1. The fourth-order valence-electron chi connectivity index (χ4n) is 4.03. The molecule has 3 heterocycles. The lowest BCUT2D eigenvalue weighted by atomic mass is 10.1. The number of rotatable bonds is 7. The van der Waals surface area contributed by atoms with E-state index in [0.29, 0.717) is 47.9 Å². The van der Waals surface area contributed by atoms with Crippen molar-refractivity contribution in [3.05, 3.63) is 66.5 Å². The first kappa shape index (κ1) is 20.8. The first-order chi connectivity index (χ1) is 16.1.